The summed E-state index contributed by atoms with van der Waals surface area (Å²) < 4.78 is 0. The van der Waals surface area contributed by atoms with Crippen LogP contribution < -0.4 is 5.32 Å². The Bertz CT molecular complexity index is 634. The number of carbonyl (C=O) groups excluding carboxylic acids is 1. The van der Waals surface area contributed by atoms with Gasteiger partial charge in [-0.2, -0.15) is 0 Å². The maximum absolute atomic E-state index is 11.8. The van der Waals surface area contributed by atoms with E-state index >= 15 is 0 Å². The third-order valence-corrected chi connectivity index (χ3v) is 4.42. The zero-order valence-corrected chi connectivity index (χ0v) is 14.4. The number of amides is 1. The van der Waals surface area contributed by atoms with Gasteiger partial charge in [-0.05, 0) is 19.1 Å². The largest absolute Gasteiger partial charge is 0.362 e. The minimum absolute atomic E-state index is 0.0480. The molecule has 0 spiro atoms. The Morgan fingerprint density at radius 1 is 1.27 bits per heavy atom. The molecule has 2 heterocycles. The van der Waals surface area contributed by atoms with Gasteiger partial charge in [-0.1, -0.05) is 13.8 Å². The summed E-state index contributed by atoms with van der Waals surface area (Å²) in [6.07, 6.45) is 1.60. The molecule has 0 saturated carbocycles. The van der Waals surface area contributed by atoms with Gasteiger partial charge in [0.25, 0.3) is 5.91 Å². The van der Waals surface area contributed by atoms with Crippen molar-refractivity contribution in [3.8, 4) is 0 Å². The average Bonchev–Trinajstić information content (AvgIpc) is 2.97. The van der Waals surface area contributed by atoms with Gasteiger partial charge in [0.15, 0.2) is 0 Å². The minimum Gasteiger partial charge on any atom is -0.362 e. The van der Waals surface area contributed by atoms with Crippen molar-refractivity contribution >= 4 is 23.1 Å². The van der Waals surface area contributed by atoms with E-state index in [1.54, 1.807) is 37.7 Å². The zero-order chi connectivity index (χ0) is 16.3. The van der Waals surface area contributed by atoms with Crippen molar-refractivity contribution in [2.75, 3.05) is 19.4 Å². The van der Waals surface area contributed by atoms with E-state index in [1.165, 1.54) is 4.90 Å². The van der Waals surface area contributed by atoms with Gasteiger partial charge >= 0.3 is 0 Å². The fraction of sp³-hybridized carbons (Fsp3) is 0.438. The lowest BCUT2D eigenvalue weighted by Gasteiger charge is -2.13. The summed E-state index contributed by atoms with van der Waals surface area (Å²) in [5.41, 5.74) is 1.60. The monoisotopic (exact) mass is 318 g/mol. The SMILES string of the molecule is CC(C)c1nc(C(C)Nc2ccc(C(=O)N(C)C)cn2)cs1. The molecule has 2 aromatic heterocycles. The van der Waals surface area contributed by atoms with Gasteiger partial charge in [0.05, 0.1) is 22.3 Å². The molecule has 22 heavy (non-hydrogen) atoms. The number of anilines is 1. The van der Waals surface area contributed by atoms with Gasteiger partial charge in [0, 0.05) is 31.6 Å². The van der Waals surface area contributed by atoms with Crippen LogP contribution in [0.1, 0.15) is 53.8 Å². The van der Waals surface area contributed by atoms with Gasteiger partial charge in [-0.15, -0.1) is 11.3 Å². The number of nitrogens with zero attached hydrogens (tertiary/aromatic N) is 3. The van der Waals surface area contributed by atoms with Crippen molar-refractivity contribution in [2.24, 2.45) is 0 Å². The van der Waals surface area contributed by atoms with Crippen molar-refractivity contribution in [1.29, 1.82) is 0 Å². The molecule has 1 unspecified atom stereocenters. The normalized spacial score (nSPS) is 12.3. The lowest BCUT2D eigenvalue weighted by atomic mass is 10.2. The molecule has 0 aromatic carbocycles. The van der Waals surface area contributed by atoms with Crippen LogP contribution in [0.5, 0.6) is 0 Å². The molecule has 0 saturated heterocycles. The number of hydrogen-bond acceptors (Lipinski definition) is 5. The molecule has 6 heteroatoms. The molecule has 0 bridgehead atoms. The third kappa shape index (κ3) is 3.82. The summed E-state index contributed by atoms with van der Waals surface area (Å²) in [5.74, 6) is 1.13. The Kier molecular flexibility index (Phi) is 5.13. The molecule has 5 nitrogen and oxygen atoms in total. The molecule has 1 atom stereocenters. The van der Waals surface area contributed by atoms with Gasteiger partial charge < -0.3 is 10.2 Å². The molecule has 0 aliphatic rings. The lowest BCUT2D eigenvalue weighted by Crippen LogP contribution is -2.21. The number of hydrogen-bond donors (Lipinski definition) is 1. The molecule has 0 aliphatic heterocycles. The standard InChI is InChI=1S/C16H22N4OS/c1-10(2)15-19-13(9-22-15)11(3)18-14-7-6-12(8-17-14)16(21)20(4)5/h6-11H,1-5H3,(H,17,18). The summed E-state index contributed by atoms with van der Waals surface area (Å²) in [6.45, 7) is 6.34. The number of aromatic nitrogens is 2. The van der Waals surface area contributed by atoms with Crippen molar-refractivity contribution < 1.29 is 4.79 Å². The van der Waals surface area contributed by atoms with Crippen LogP contribution in [0.4, 0.5) is 5.82 Å². The highest BCUT2D eigenvalue weighted by atomic mass is 32.1. The second-order valence-corrected chi connectivity index (χ2v) is 6.65. The quantitative estimate of drug-likeness (QED) is 0.916. The Hall–Kier alpha value is -1.95. The molecule has 0 radical (unpaired) electrons. The molecule has 0 fully saturated rings. The highest BCUT2D eigenvalue weighted by Gasteiger charge is 2.13. The van der Waals surface area contributed by atoms with E-state index in [0.29, 0.717) is 11.5 Å². The first-order valence-electron chi connectivity index (χ1n) is 7.28. The molecule has 118 valence electrons. The average molecular weight is 318 g/mol. The number of pyridine rings is 1. The zero-order valence-electron chi connectivity index (χ0n) is 13.6. The van der Waals surface area contributed by atoms with Crippen molar-refractivity contribution in [3.05, 3.63) is 40.0 Å². The summed E-state index contributed by atoms with van der Waals surface area (Å²) >= 11 is 1.68. The smallest absolute Gasteiger partial charge is 0.254 e. The number of carbonyl (C=O) groups is 1. The van der Waals surface area contributed by atoms with Crippen LogP contribution >= 0.6 is 11.3 Å². The molecule has 2 rings (SSSR count). The van der Waals surface area contributed by atoms with Crippen LogP contribution in [0.3, 0.4) is 0 Å². The first-order valence-corrected chi connectivity index (χ1v) is 8.16. The van der Waals surface area contributed by atoms with Crippen LogP contribution in [0.15, 0.2) is 23.7 Å². The molecule has 1 N–H and O–H groups in total. The Morgan fingerprint density at radius 3 is 2.50 bits per heavy atom. The Balaban J connectivity index is 2.05. The third-order valence-electron chi connectivity index (χ3n) is 3.26. The maximum atomic E-state index is 11.8. The second-order valence-electron chi connectivity index (χ2n) is 5.76. The van der Waals surface area contributed by atoms with Crippen molar-refractivity contribution in [3.63, 3.8) is 0 Å². The van der Waals surface area contributed by atoms with Crippen LogP contribution in [0.25, 0.3) is 0 Å². The highest BCUT2D eigenvalue weighted by Crippen LogP contribution is 2.24. The van der Waals surface area contributed by atoms with E-state index in [1.807, 2.05) is 6.07 Å². The summed E-state index contributed by atoms with van der Waals surface area (Å²) in [5, 5.41) is 6.54. The van der Waals surface area contributed by atoms with Crippen molar-refractivity contribution in [1.82, 2.24) is 14.9 Å². The fourth-order valence-corrected chi connectivity index (χ4v) is 2.85. The first kappa shape index (κ1) is 16.4. The first-order chi connectivity index (χ1) is 10.4. The van der Waals surface area contributed by atoms with Crippen LogP contribution in [0, 0.1) is 0 Å². The van der Waals surface area contributed by atoms with E-state index in [9.17, 15) is 4.79 Å². The minimum atomic E-state index is -0.0480. The van der Waals surface area contributed by atoms with Gasteiger partial charge in [0.2, 0.25) is 0 Å². The Labute approximate surface area is 135 Å². The van der Waals surface area contributed by atoms with E-state index in [0.717, 1.165) is 16.5 Å². The van der Waals surface area contributed by atoms with Crippen molar-refractivity contribution in [2.45, 2.75) is 32.7 Å². The van der Waals surface area contributed by atoms with Crippen LogP contribution in [-0.2, 0) is 0 Å². The molecular weight excluding hydrogens is 296 g/mol. The molecule has 0 aliphatic carbocycles. The lowest BCUT2D eigenvalue weighted by molar-refractivity contribution is 0.0827. The molecule has 2 aromatic rings. The van der Waals surface area contributed by atoms with E-state index < -0.39 is 0 Å². The summed E-state index contributed by atoms with van der Waals surface area (Å²) in [7, 11) is 3.45. The topological polar surface area (TPSA) is 58.1 Å². The molecular formula is C16H22N4OS. The summed E-state index contributed by atoms with van der Waals surface area (Å²) in [6, 6.07) is 3.68. The molecule has 1 amide bonds. The van der Waals surface area contributed by atoms with Crippen LogP contribution in [-0.4, -0.2) is 34.9 Å². The predicted molar refractivity (Wildman–Crippen MR) is 90.5 cm³/mol. The van der Waals surface area contributed by atoms with Gasteiger partial charge in [-0.25, -0.2) is 9.97 Å². The van der Waals surface area contributed by atoms with E-state index in [2.05, 4.69) is 41.4 Å². The summed E-state index contributed by atoms with van der Waals surface area (Å²) in [4.78, 5) is 22.3. The number of thiazole rings is 1. The fourth-order valence-electron chi connectivity index (χ4n) is 1.92. The number of nitrogens with one attached hydrogen (secondary N) is 1. The van der Waals surface area contributed by atoms with E-state index in [-0.39, 0.29) is 11.9 Å². The maximum Gasteiger partial charge on any atom is 0.254 e. The number of rotatable bonds is 5. The van der Waals surface area contributed by atoms with Gasteiger partial charge in [-0.3, -0.25) is 4.79 Å². The van der Waals surface area contributed by atoms with E-state index in [4.69, 9.17) is 0 Å². The van der Waals surface area contributed by atoms with Crippen LogP contribution in [0.2, 0.25) is 0 Å². The van der Waals surface area contributed by atoms with Gasteiger partial charge in [0.1, 0.15) is 5.82 Å². The Morgan fingerprint density at radius 2 is 2.00 bits per heavy atom. The second kappa shape index (κ2) is 6.87. The highest BCUT2D eigenvalue weighted by molar-refractivity contribution is 7.09. The predicted octanol–water partition coefficient (Wildman–Crippen LogP) is 3.54.